The highest BCUT2D eigenvalue weighted by atomic mass is 16.2. The van der Waals surface area contributed by atoms with E-state index in [1.807, 2.05) is 0 Å². The largest absolute Gasteiger partial charge is 0.357 e. The molecule has 0 saturated carbocycles. The lowest BCUT2D eigenvalue weighted by atomic mass is 10.1. The van der Waals surface area contributed by atoms with Gasteiger partial charge in [-0.15, -0.1) is 0 Å². The second-order valence-electron chi connectivity index (χ2n) is 4.45. The topological polar surface area (TPSA) is 61.4 Å². The van der Waals surface area contributed by atoms with Crippen molar-refractivity contribution in [2.75, 3.05) is 20.1 Å². The number of carbonyl (C=O) groups excluding carboxylic acids is 2. The average molecular weight is 225 g/mol. The molecule has 2 amide bonds. The minimum atomic E-state index is -0.250. The van der Waals surface area contributed by atoms with Crippen LogP contribution in [0.15, 0.2) is 0 Å². The normalized spacial score (nSPS) is 29.4. The van der Waals surface area contributed by atoms with Gasteiger partial charge in [0.25, 0.3) is 0 Å². The first-order valence-electron chi connectivity index (χ1n) is 5.99. The molecule has 0 spiro atoms. The van der Waals surface area contributed by atoms with Crippen molar-refractivity contribution < 1.29 is 9.59 Å². The van der Waals surface area contributed by atoms with Gasteiger partial charge >= 0.3 is 0 Å². The van der Waals surface area contributed by atoms with Crippen LogP contribution in [0, 0.1) is 0 Å². The number of nitrogens with one attached hydrogen (secondary N) is 2. The minimum absolute atomic E-state index is 0.0381. The Morgan fingerprint density at radius 3 is 2.75 bits per heavy atom. The van der Waals surface area contributed by atoms with Crippen molar-refractivity contribution in [3.05, 3.63) is 0 Å². The van der Waals surface area contributed by atoms with Crippen LogP contribution in [0.5, 0.6) is 0 Å². The van der Waals surface area contributed by atoms with Crippen LogP contribution >= 0.6 is 0 Å². The predicted octanol–water partition coefficient (Wildman–Crippen LogP) is -0.525. The Morgan fingerprint density at radius 1 is 1.31 bits per heavy atom. The van der Waals surface area contributed by atoms with Crippen LogP contribution in [0.3, 0.4) is 0 Å². The van der Waals surface area contributed by atoms with Crippen LogP contribution in [-0.4, -0.2) is 48.9 Å². The smallest absolute Gasteiger partial charge is 0.242 e. The molecule has 2 saturated heterocycles. The molecule has 0 aromatic heterocycles. The summed E-state index contributed by atoms with van der Waals surface area (Å²) in [6, 6.07) is -0.315. The summed E-state index contributed by atoms with van der Waals surface area (Å²) in [5.74, 6) is 0.0625. The first-order valence-corrected chi connectivity index (χ1v) is 5.99. The summed E-state index contributed by atoms with van der Waals surface area (Å²) in [5.41, 5.74) is 0. The molecule has 16 heavy (non-hydrogen) atoms. The third-order valence-corrected chi connectivity index (χ3v) is 3.44. The van der Waals surface area contributed by atoms with E-state index in [2.05, 4.69) is 10.6 Å². The van der Waals surface area contributed by atoms with Gasteiger partial charge in [-0.05, 0) is 32.2 Å². The highest BCUT2D eigenvalue weighted by Crippen LogP contribution is 2.20. The third kappa shape index (κ3) is 2.04. The molecule has 5 nitrogen and oxygen atoms in total. The fraction of sp³-hybridized carbons (Fsp3) is 0.818. The van der Waals surface area contributed by atoms with Gasteiger partial charge in [-0.2, -0.15) is 0 Å². The van der Waals surface area contributed by atoms with E-state index in [1.54, 1.807) is 11.9 Å². The van der Waals surface area contributed by atoms with Crippen molar-refractivity contribution in [3.8, 4) is 0 Å². The first-order chi connectivity index (χ1) is 7.74. The minimum Gasteiger partial charge on any atom is -0.357 e. The number of nitrogens with zero attached hydrogens (tertiary/aromatic N) is 1. The maximum Gasteiger partial charge on any atom is 0.242 e. The zero-order valence-electron chi connectivity index (χ0n) is 9.66. The highest BCUT2D eigenvalue weighted by molar-refractivity contribution is 5.90. The van der Waals surface area contributed by atoms with Gasteiger partial charge in [-0.1, -0.05) is 0 Å². The number of hydrogen-bond acceptors (Lipinski definition) is 3. The van der Waals surface area contributed by atoms with E-state index >= 15 is 0 Å². The molecule has 2 heterocycles. The van der Waals surface area contributed by atoms with Gasteiger partial charge in [-0.25, -0.2) is 0 Å². The fourth-order valence-corrected chi connectivity index (χ4v) is 2.57. The van der Waals surface area contributed by atoms with Crippen molar-refractivity contribution in [2.24, 2.45) is 0 Å². The van der Waals surface area contributed by atoms with Gasteiger partial charge in [0.2, 0.25) is 11.8 Å². The van der Waals surface area contributed by atoms with E-state index in [9.17, 15) is 9.59 Å². The standard InChI is InChI=1S/C11H19N3O2/c1-12-10(15)9-5-3-7-14(9)11(16)8-4-2-6-13-8/h8-9,13H,2-7H2,1H3,(H,12,15)/t8-,9-/m0/s1. The monoisotopic (exact) mass is 225 g/mol. The SMILES string of the molecule is CNC(=O)[C@@H]1CCCN1C(=O)[C@@H]1CCCN1. The molecular formula is C11H19N3O2. The predicted molar refractivity (Wildman–Crippen MR) is 59.8 cm³/mol. The van der Waals surface area contributed by atoms with Crippen molar-refractivity contribution in [1.82, 2.24) is 15.5 Å². The van der Waals surface area contributed by atoms with Gasteiger partial charge in [-0.3, -0.25) is 9.59 Å². The summed E-state index contributed by atoms with van der Waals surface area (Å²) < 4.78 is 0. The Balaban J connectivity index is 2.01. The molecule has 5 heteroatoms. The van der Waals surface area contributed by atoms with E-state index in [-0.39, 0.29) is 23.9 Å². The molecule has 2 aliphatic rings. The molecular weight excluding hydrogens is 206 g/mol. The van der Waals surface area contributed by atoms with Gasteiger partial charge < -0.3 is 15.5 Å². The highest BCUT2D eigenvalue weighted by Gasteiger charge is 2.37. The molecule has 0 radical (unpaired) electrons. The molecule has 0 aliphatic carbocycles. The number of likely N-dealkylation sites (tertiary alicyclic amines) is 1. The summed E-state index contributed by atoms with van der Waals surface area (Å²) in [5, 5.41) is 5.82. The van der Waals surface area contributed by atoms with Gasteiger partial charge in [0.05, 0.1) is 6.04 Å². The summed E-state index contributed by atoms with van der Waals surface area (Å²) in [6.45, 7) is 1.63. The zero-order chi connectivity index (χ0) is 11.5. The molecule has 0 bridgehead atoms. The maximum atomic E-state index is 12.2. The second-order valence-corrected chi connectivity index (χ2v) is 4.45. The molecule has 2 N–H and O–H groups in total. The van der Waals surface area contributed by atoms with Gasteiger partial charge in [0, 0.05) is 13.6 Å². The third-order valence-electron chi connectivity index (χ3n) is 3.44. The second kappa shape index (κ2) is 4.82. The number of amides is 2. The molecule has 0 unspecified atom stereocenters. The number of carbonyl (C=O) groups is 2. The Morgan fingerprint density at radius 2 is 2.12 bits per heavy atom. The van der Waals surface area contributed by atoms with E-state index in [0.29, 0.717) is 0 Å². The Labute approximate surface area is 95.6 Å². The quantitative estimate of drug-likeness (QED) is 0.664. The molecule has 2 atom stereocenters. The summed E-state index contributed by atoms with van der Waals surface area (Å²) in [7, 11) is 1.62. The Kier molecular flexibility index (Phi) is 3.43. The van der Waals surface area contributed by atoms with Crippen molar-refractivity contribution in [3.63, 3.8) is 0 Å². The van der Waals surface area contributed by atoms with E-state index in [4.69, 9.17) is 0 Å². The van der Waals surface area contributed by atoms with Crippen LogP contribution in [-0.2, 0) is 9.59 Å². The number of rotatable bonds is 2. The summed E-state index contributed by atoms with van der Waals surface area (Å²) in [6.07, 6.45) is 3.67. The Bertz CT molecular complexity index is 287. The number of hydrogen-bond donors (Lipinski definition) is 2. The van der Waals surface area contributed by atoms with Crippen LogP contribution in [0.25, 0.3) is 0 Å². The fourth-order valence-electron chi connectivity index (χ4n) is 2.57. The van der Waals surface area contributed by atoms with Gasteiger partial charge in [0.1, 0.15) is 6.04 Å². The molecule has 90 valence electrons. The lowest BCUT2D eigenvalue weighted by Gasteiger charge is -2.26. The van der Waals surface area contributed by atoms with Crippen molar-refractivity contribution >= 4 is 11.8 Å². The molecule has 2 fully saturated rings. The van der Waals surface area contributed by atoms with Crippen molar-refractivity contribution in [1.29, 1.82) is 0 Å². The molecule has 2 aliphatic heterocycles. The summed E-state index contributed by atoms with van der Waals surface area (Å²) >= 11 is 0. The van der Waals surface area contributed by atoms with Gasteiger partial charge in [0.15, 0.2) is 0 Å². The zero-order valence-corrected chi connectivity index (χ0v) is 9.66. The molecule has 2 rings (SSSR count). The van der Waals surface area contributed by atoms with Crippen LogP contribution in [0.2, 0.25) is 0 Å². The van der Waals surface area contributed by atoms with E-state index in [0.717, 1.165) is 38.8 Å². The van der Waals surface area contributed by atoms with Crippen LogP contribution < -0.4 is 10.6 Å². The van der Waals surface area contributed by atoms with E-state index < -0.39 is 0 Å². The maximum absolute atomic E-state index is 12.2. The Hall–Kier alpha value is -1.10. The van der Waals surface area contributed by atoms with E-state index in [1.165, 1.54) is 0 Å². The summed E-state index contributed by atoms with van der Waals surface area (Å²) in [4.78, 5) is 25.5. The number of likely N-dealkylation sites (N-methyl/N-ethyl adjacent to an activating group) is 1. The lowest BCUT2D eigenvalue weighted by Crippen LogP contribution is -2.50. The molecule has 0 aromatic carbocycles. The van der Waals surface area contributed by atoms with Crippen molar-refractivity contribution in [2.45, 2.75) is 37.8 Å². The average Bonchev–Trinajstić information content (AvgIpc) is 2.97. The lowest BCUT2D eigenvalue weighted by molar-refractivity contribution is -0.139. The van der Waals surface area contributed by atoms with Crippen LogP contribution in [0.1, 0.15) is 25.7 Å². The first kappa shape index (κ1) is 11.4. The molecule has 0 aromatic rings. The van der Waals surface area contributed by atoms with Crippen LogP contribution in [0.4, 0.5) is 0 Å².